The number of thiophene rings is 1. The van der Waals surface area contributed by atoms with Crippen LogP contribution in [0.4, 0.5) is 0 Å². The summed E-state index contributed by atoms with van der Waals surface area (Å²) in [6.45, 7) is 0. The molecule has 0 fully saturated rings. The lowest BCUT2D eigenvalue weighted by Gasteiger charge is -2.10. The molecule has 7 aromatic carbocycles. The molecule has 0 amide bonds. The maximum atomic E-state index is 6.61. The van der Waals surface area contributed by atoms with Crippen LogP contribution in [0.1, 0.15) is 0 Å². The van der Waals surface area contributed by atoms with Gasteiger partial charge in [0, 0.05) is 52.8 Å². The van der Waals surface area contributed by atoms with Crippen molar-refractivity contribution in [2.75, 3.05) is 0 Å². The lowest BCUT2D eigenvalue weighted by Crippen LogP contribution is -2.06. The predicted molar refractivity (Wildman–Crippen MR) is 211 cm³/mol. The van der Waals surface area contributed by atoms with Crippen molar-refractivity contribution in [2.24, 2.45) is 0 Å². The van der Waals surface area contributed by atoms with Crippen molar-refractivity contribution in [1.82, 2.24) is 19.5 Å². The van der Waals surface area contributed by atoms with Gasteiger partial charge < -0.3 is 4.42 Å². The van der Waals surface area contributed by atoms with E-state index in [0.717, 1.165) is 60.4 Å². The van der Waals surface area contributed by atoms with Crippen molar-refractivity contribution >= 4 is 75.3 Å². The number of aromatic nitrogens is 4. The van der Waals surface area contributed by atoms with Crippen LogP contribution in [0.5, 0.6) is 0 Å². The topological polar surface area (TPSA) is 56.7 Å². The van der Waals surface area contributed by atoms with Crippen LogP contribution >= 0.6 is 11.3 Å². The van der Waals surface area contributed by atoms with E-state index in [4.69, 9.17) is 19.4 Å². The lowest BCUT2D eigenvalue weighted by atomic mass is 10.0. The molecule has 0 saturated carbocycles. The molecule has 4 aromatic heterocycles. The van der Waals surface area contributed by atoms with E-state index in [1.54, 1.807) is 0 Å². The number of para-hydroxylation sites is 2. The molecule has 238 valence electrons. The van der Waals surface area contributed by atoms with E-state index < -0.39 is 0 Å². The van der Waals surface area contributed by atoms with Gasteiger partial charge in [-0.05, 0) is 53.6 Å². The molecule has 0 atom stereocenters. The SMILES string of the molecule is c1ccc(-c2nc(-c3ccc4c(c3)oc3cc(-c5cccc6c5sc5ccccc56)ccc34)nc(-n3c4ccccc4c4ccccc43)n2)cc1. The standard InChI is InChI=1S/C45H26N4OS/c1-2-11-27(12-3-1)43-46-44(48-45(47-43)49-37-18-7-4-13-31(37)32-14-5-8-19-38(32)49)29-22-24-34-33-23-21-28(25-39(33)50-40(34)26-29)30-16-10-17-36-35-15-6-9-20-41(35)51-42(30)36/h1-26H. The molecule has 11 rings (SSSR count). The summed E-state index contributed by atoms with van der Waals surface area (Å²) in [6.07, 6.45) is 0. The summed E-state index contributed by atoms with van der Waals surface area (Å²) in [7, 11) is 0. The van der Waals surface area contributed by atoms with Crippen LogP contribution in [-0.2, 0) is 0 Å². The number of furan rings is 1. The predicted octanol–water partition coefficient (Wildman–Crippen LogP) is 12.2. The van der Waals surface area contributed by atoms with Gasteiger partial charge in [0.25, 0.3) is 0 Å². The first-order chi connectivity index (χ1) is 25.3. The summed E-state index contributed by atoms with van der Waals surface area (Å²) in [4.78, 5) is 15.2. The van der Waals surface area contributed by atoms with Crippen molar-refractivity contribution in [2.45, 2.75) is 0 Å². The van der Waals surface area contributed by atoms with Gasteiger partial charge in [0.2, 0.25) is 5.95 Å². The fraction of sp³-hybridized carbons (Fsp3) is 0. The summed E-state index contributed by atoms with van der Waals surface area (Å²) in [5, 5.41) is 7.03. The van der Waals surface area contributed by atoms with Gasteiger partial charge in [0.15, 0.2) is 11.6 Å². The van der Waals surface area contributed by atoms with Gasteiger partial charge in [-0.2, -0.15) is 9.97 Å². The van der Waals surface area contributed by atoms with E-state index in [1.807, 2.05) is 41.7 Å². The Morgan fingerprint density at radius 3 is 1.76 bits per heavy atom. The van der Waals surface area contributed by atoms with Gasteiger partial charge in [-0.3, -0.25) is 4.57 Å². The Labute approximate surface area is 295 Å². The normalized spacial score (nSPS) is 11.9. The van der Waals surface area contributed by atoms with E-state index in [0.29, 0.717) is 17.6 Å². The molecule has 0 bridgehead atoms. The van der Waals surface area contributed by atoms with Crippen LogP contribution in [0.25, 0.3) is 104 Å². The van der Waals surface area contributed by atoms with Crippen LogP contribution < -0.4 is 0 Å². The van der Waals surface area contributed by atoms with Crippen molar-refractivity contribution < 1.29 is 4.42 Å². The Morgan fingerprint density at radius 2 is 1.02 bits per heavy atom. The Bertz CT molecular complexity index is 3100. The van der Waals surface area contributed by atoms with Crippen molar-refractivity contribution in [3.8, 4) is 39.9 Å². The van der Waals surface area contributed by atoms with Gasteiger partial charge in [-0.25, -0.2) is 4.98 Å². The average Bonchev–Trinajstić information content (AvgIpc) is 3.87. The molecular formula is C45H26N4OS. The first-order valence-electron chi connectivity index (χ1n) is 16.9. The Hall–Kier alpha value is -6.63. The highest BCUT2D eigenvalue weighted by atomic mass is 32.1. The molecular weight excluding hydrogens is 645 g/mol. The average molecular weight is 671 g/mol. The van der Waals surface area contributed by atoms with Crippen molar-refractivity contribution in [3.63, 3.8) is 0 Å². The number of nitrogens with zero attached hydrogens (tertiary/aromatic N) is 4. The molecule has 0 aliphatic rings. The van der Waals surface area contributed by atoms with E-state index >= 15 is 0 Å². The lowest BCUT2D eigenvalue weighted by molar-refractivity contribution is 0.669. The Balaban J connectivity index is 1.08. The van der Waals surface area contributed by atoms with Crippen LogP contribution in [0.2, 0.25) is 0 Å². The summed E-state index contributed by atoms with van der Waals surface area (Å²) in [6, 6.07) is 54.9. The Morgan fingerprint density at radius 1 is 0.431 bits per heavy atom. The highest BCUT2D eigenvalue weighted by Gasteiger charge is 2.19. The minimum Gasteiger partial charge on any atom is -0.456 e. The molecule has 0 radical (unpaired) electrons. The largest absolute Gasteiger partial charge is 0.456 e. The molecule has 0 spiro atoms. The molecule has 11 aromatic rings. The van der Waals surface area contributed by atoms with E-state index in [1.165, 1.54) is 25.7 Å². The summed E-state index contributed by atoms with van der Waals surface area (Å²) in [5.74, 6) is 1.77. The fourth-order valence-electron chi connectivity index (χ4n) is 7.51. The third-order valence-electron chi connectivity index (χ3n) is 9.88. The number of rotatable bonds is 4. The molecule has 0 aliphatic carbocycles. The maximum absolute atomic E-state index is 6.61. The highest BCUT2D eigenvalue weighted by molar-refractivity contribution is 7.26. The molecule has 5 nitrogen and oxygen atoms in total. The van der Waals surface area contributed by atoms with Gasteiger partial charge >= 0.3 is 0 Å². The van der Waals surface area contributed by atoms with Gasteiger partial charge in [-0.15, -0.1) is 11.3 Å². The molecule has 0 aliphatic heterocycles. The van der Waals surface area contributed by atoms with Crippen molar-refractivity contribution in [1.29, 1.82) is 0 Å². The molecule has 4 heterocycles. The number of hydrogen-bond donors (Lipinski definition) is 0. The summed E-state index contributed by atoms with van der Waals surface area (Å²) < 4.78 is 11.3. The fourth-order valence-corrected chi connectivity index (χ4v) is 8.74. The zero-order chi connectivity index (χ0) is 33.5. The number of benzene rings is 7. The zero-order valence-electron chi connectivity index (χ0n) is 27.1. The van der Waals surface area contributed by atoms with E-state index in [9.17, 15) is 0 Å². The quantitative estimate of drug-likeness (QED) is 0.187. The first kappa shape index (κ1) is 28.2. The molecule has 0 N–H and O–H groups in total. The van der Waals surface area contributed by atoms with Crippen LogP contribution in [-0.4, -0.2) is 19.5 Å². The minimum atomic E-state index is 0.570. The Kier molecular flexibility index (Phi) is 6.05. The monoisotopic (exact) mass is 670 g/mol. The highest BCUT2D eigenvalue weighted by Crippen LogP contribution is 2.41. The second-order valence-corrected chi connectivity index (χ2v) is 13.9. The minimum absolute atomic E-state index is 0.570. The van der Waals surface area contributed by atoms with E-state index in [2.05, 4.69) is 132 Å². The molecule has 0 saturated heterocycles. The smallest absolute Gasteiger partial charge is 0.238 e. The van der Waals surface area contributed by atoms with Gasteiger partial charge in [0.1, 0.15) is 11.2 Å². The third-order valence-corrected chi connectivity index (χ3v) is 11.1. The summed E-state index contributed by atoms with van der Waals surface area (Å²) >= 11 is 1.84. The van der Waals surface area contributed by atoms with Gasteiger partial charge in [-0.1, -0.05) is 115 Å². The number of fused-ring (bicyclic) bond motifs is 9. The van der Waals surface area contributed by atoms with Crippen LogP contribution in [0.15, 0.2) is 162 Å². The molecule has 51 heavy (non-hydrogen) atoms. The zero-order valence-corrected chi connectivity index (χ0v) is 27.9. The second-order valence-electron chi connectivity index (χ2n) is 12.8. The molecule has 6 heteroatoms. The van der Waals surface area contributed by atoms with Crippen LogP contribution in [0, 0.1) is 0 Å². The van der Waals surface area contributed by atoms with E-state index in [-0.39, 0.29) is 0 Å². The third kappa shape index (κ3) is 4.37. The maximum Gasteiger partial charge on any atom is 0.238 e. The second kappa shape index (κ2) is 10.9. The van der Waals surface area contributed by atoms with Crippen LogP contribution in [0.3, 0.4) is 0 Å². The summed E-state index contributed by atoms with van der Waals surface area (Å²) in [5.41, 5.74) is 7.87. The van der Waals surface area contributed by atoms with Gasteiger partial charge in [0.05, 0.1) is 11.0 Å². The molecule has 0 unspecified atom stereocenters. The van der Waals surface area contributed by atoms with Crippen molar-refractivity contribution in [3.05, 3.63) is 158 Å². The first-order valence-corrected chi connectivity index (χ1v) is 17.8. The number of hydrogen-bond acceptors (Lipinski definition) is 5.